The summed E-state index contributed by atoms with van der Waals surface area (Å²) in [6.45, 7) is 5.68. The molecule has 0 spiro atoms. The molecule has 2 amide bonds. The van der Waals surface area contributed by atoms with Crippen molar-refractivity contribution >= 4 is 42.9 Å². The topological polar surface area (TPSA) is 213 Å². The van der Waals surface area contributed by atoms with E-state index in [9.17, 15) is 46.7 Å². The number of benzene rings is 2. The number of sulfone groups is 2. The minimum Gasteiger partial charge on any atom is -0.326 e. The van der Waals surface area contributed by atoms with Crippen LogP contribution in [0.4, 0.5) is 11.4 Å². The molecule has 0 aliphatic heterocycles. The molecule has 2 aromatic rings. The summed E-state index contributed by atoms with van der Waals surface area (Å²) in [5, 5.41) is 26.3. The van der Waals surface area contributed by atoms with Gasteiger partial charge in [0.05, 0.1) is 9.79 Å². The number of aryl methyl sites for hydroxylation is 4. The number of rotatable bonds is 10. The summed E-state index contributed by atoms with van der Waals surface area (Å²) in [6, 6.07) is 5.25. The maximum absolute atomic E-state index is 12.4. The minimum atomic E-state index is -4.19. The molecular formula is C21H24N4O10S2. The first-order valence-corrected chi connectivity index (χ1v) is 13.7. The van der Waals surface area contributed by atoms with Gasteiger partial charge in [-0.2, -0.15) is 0 Å². The van der Waals surface area contributed by atoms with Gasteiger partial charge in [-0.15, -0.1) is 0 Å². The third-order valence-electron chi connectivity index (χ3n) is 4.98. The molecule has 2 aromatic carbocycles. The van der Waals surface area contributed by atoms with Crippen LogP contribution in [0.1, 0.15) is 28.7 Å². The highest BCUT2D eigenvalue weighted by molar-refractivity contribution is 7.91. The summed E-state index contributed by atoms with van der Waals surface area (Å²) in [5.41, 5.74) is 1.08. The van der Waals surface area contributed by atoms with E-state index in [2.05, 4.69) is 10.6 Å². The molecular weight excluding hydrogens is 532 g/mol. The van der Waals surface area contributed by atoms with Crippen LogP contribution in [0.15, 0.2) is 34.1 Å². The smallest absolute Gasteiger partial charge is 0.305 e. The number of nitrogens with zero attached hydrogens (tertiary/aromatic N) is 2. The number of carbonyl (C=O) groups is 2. The van der Waals surface area contributed by atoms with Crippen molar-refractivity contribution in [2.24, 2.45) is 0 Å². The van der Waals surface area contributed by atoms with E-state index in [1.807, 2.05) is 0 Å². The van der Waals surface area contributed by atoms with E-state index < -0.39 is 59.5 Å². The average Bonchev–Trinajstić information content (AvgIpc) is 2.63. The van der Waals surface area contributed by atoms with E-state index in [4.69, 9.17) is 0 Å². The predicted octanol–water partition coefficient (Wildman–Crippen LogP) is 1.90. The Morgan fingerprint density at radius 1 is 0.676 bits per heavy atom. The van der Waals surface area contributed by atoms with Crippen molar-refractivity contribution in [1.29, 1.82) is 0 Å². The SMILES string of the molecule is Cc1cc(NC(=O)CC(=O)Nc2cc(C)c(S(=O)(=O)C[N+](=O)[O-])c(C)c2)cc(C)c1S(=O)(=O)C[N+](=O)[O-]. The first-order valence-electron chi connectivity index (χ1n) is 10.4. The number of hydrogen-bond acceptors (Lipinski definition) is 10. The van der Waals surface area contributed by atoms with E-state index in [1.54, 1.807) is 0 Å². The monoisotopic (exact) mass is 556 g/mol. The van der Waals surface area contributed by atoms with Gasteiger partial charge in [0.1, 0.15) is 6.42 Å². The molecule has 0 unspecified atom stereocenters. The van der Waals surface area contributed by atoms with Crippen LogP contribution < -0.4 is 10.6 Å². The Kier molecular flexibility index (Phi) is 8.71. The molecule has 0 atom stereocenters. The fourth-order valence-electron chi connectivity index (χ4n) is 3.99. The number of carbonyl (C=O) groups excluding carboxylic acids is 2. The third-order valence-corrected chi connectivity index (χ3v) is 8.62. The fraction of sp³-hybridized carbons (Fsp3) is 0.333. The summed E-state index contributed by atoms with van der Waals surface area (Å²) < 4.78 is 49.0. The number of nitrogens with one attached hydrogen (secondary N) is 2. The molecule has 0 saturated carbocycles. The summed E-state index contributed by atoms with van der Waals surface area (Å²) in [5.74, 6) is -4.03. The van der Waals surface area contributed by atoms with Crippen LogP contribution in [0.3, 0.4) is 0 Å². The third kappa shape index (κ3) is 7.53. The molecule has 0 heterocycles. The van der Waals surface area contributed by atoms with Gasteiger partial charge in [0, 0.05) is 21.2 Å². The minimum absolute atomic E-state index is 0.180. The number of amides is 2. The van der Waals surface area contributed by atoms with E-state index in [-0.39, 0.29) is 43.4 Å². The molecule has 0 aromatic heterocycles. The zero-order valence-electron chi connectivity index (χ0n) is 20.2. The molecule has 2 rings (SSSR count). The highest BCUT2D eigenvalue weighted by Crippen LogP contribution is 2.27. The van der Waals surface area contributed by atoms with Gasteiger partial charge in [0.15, 0.2) is 0 Å². The Bertz CT molecular complexity index is 1360. The number of nitro groups is 2. The van der Waals surface area contributed by atoms with Crippen LogP contribution in [0, 0.1) is 47.9 Å². The van der Waals surface area contributed by atoms with Gasteiger partial charge in [-0.1, -0.05) is 0 Å². The van der Waals surface area contributed by atoms with Crippen molar-refractivity contribution < 1.29 is 36.3 Å². The zero-order valence-corrected chi connectivity index (χ0v) is 21.9. The average molecular weight is 557 g/mol. The molecule has 0 bridgehead atoms. The normalized spacial score (nSPS) is 11.6. The van der Waals surface area contributed by atoms with Gasteiger partial charge < -0.3 is 10.6 Å². The summed E-state index contributed by atoms with van der Waals surface area (Å²) >= 11 is 0. The fourth-order valence-corrected chi connectivity index (χ4v) is 7.00. The lowest BCUT2D eigenvalue weighted by Gasteiger charge is -2.13. The van der Waals surface area contributed by atoms with Crippen LogP contribution >= 0.6 is 0 Å². The molecule has 0 fully saturated rings. The van der Waals surface area contributed by atoms with E-state index in [0.29, 0.717) is 0 Å². The van der Waals surface area contributed by atoms with Crippen molar-refractivity contribution in [1.82, 2.24) is 0 Å². The first-order chi connectivity index (χ1) is 16.9. The lowest BCUT2D eigenvalue weighted by Crippen LogP contribution is -2.22. The lowest BCUT2D eigenvalue weighted by atomic mass is 10.1. The Morgan fingerprint density at radius 3 is 1.19 bits per heavy atom. The maximum atomic E-state index is 12.4. The molecule has 14 nitrogen and oxygen atoms in total. The zero-order chi connectivity index (χ0) is 28.3. The van der Waals surface area contributed by atoms with Gasteiger partial charge in [-0.3, -0.25) is 29.8 Å². The Labute approximate surface area is 212 Å². The summed E-state index contributed by atoms with van der Waals surface area (Å²) in [4.78, 5) is 43.7. The Morgan fingerprint density at radius 2 is 0.946 bits per heavy atom. The van der Waals surface area contributed by atoms with Gasteiger partial charge in [-0.25, -0.2) is 16.8 Å². The van der Waals surface area contributed by atoms with Crippen molar-refractivity contribution in [3.8, 4) is 0 Å². The van der Waals surface area contributed by atoms with E-state index in [0.717, 1.165) is 0 Å². The maximum Gasteiger partial charge on any atom is 0.305 e. The van der Waals surface area contributed by atoms with Crippen LogP contribution in [-0.2, 0) is 29.3 Å². The quantitative estimate of drug-likeness (QED) is 0.246. The van der Waals surface area contributed by atoms with Crippen molar-refractivity contribution in [2.45, 2.75) is 43.9 Å². The van der Waals surface area contributed by atoms with Crippen LogP contribution in [0.5, 0.6) is 0 Å². The molecule has 0 aliphatic carbocycles. The largest absolute Gasteiger partial charge is 0.326 e. The van der Waals surface area contributed by atoms with Crippen LogP contribution in [0.25, 0.3) is 0 Å². The van der Waals surface area contributed by atoms with Gasteiger partial charge in [-0.05, 0) is 74.2 Å². The molecule has 0 radical (unpaired) electrons. The molecule has 16 heteroatoms. The second-order valence-electron chi connectivity index (χ2n) is 8.30. The molecule has 37 heavy (non-hydrogen) atoms. The predicted molar refractivity (Wildman–Crippen MR) is 132 cm³/mol. The van der Waals surface area contributed by atoms with Gasteiger partial charge in [0.2, 0.25) is 31.5 Å². The van der Waals surface area contributed by atoms with Crippen LogP contribution in [0.2, 0.25) is 0 Å². The first kappa shape index (κ1) is 29.3. The second-order valence-corrected chi connectivity index (χ2v) is 12.1. The highest BCUT2D eigenvalue weighted by Gasteiger charge is 2.27. The van der Waals surface area contributed by atoms with Gasteiger partial charge >= 0.3 is 11.8 Å². The van der Waals surface area contributed by atoms with Crippen molar-refractivity contribution in [3.63, 3.8) is 0 Å². The summed E-state index contributed by atoms with van der Waals surface area (Å²) in [6.07, 6.45) is -0.640. The summed E-state index contributed by atoms with van der Waals surface area (Å²) in [7, 11) is -8.38. The van der Waals surface area contributed by atoms with E-state index >= 15 is 0 Å². The van der Waals surface area contributed by atoms with E-state index in [1.165, 1.54) is 52.0 Å². The van der Waals surface area contributed by atoms with Gasteiger partial charge in [0.25, 0.3) is 0 Å². The van der Waals surface area contributed by atoms with Crippen molar-refractivity contribution in [2.75, 3.05) is 22.4 Å². The lowest BCUT2D eigenvalue weighted by molar-refractivity contribution is -0.458. The molecule has 200 valence electrons. The molecule has 0 aliphatic rings. The molecule has 2 N–H and O–H groups in total. The Hall–Kier alpha value is -3.92. The molecule has 0 saturated heterocycles. The second kappa shape index (κ2) is 11.0. The Balaban J connectivity index is 2.14. The number of hydrogen-bond donors (Lipinski definition) is 2. The van der Waals surface area contributed by atoms with Crippen LogP contribution in [-0.4, -0.2) is 50.3 Å². The highest BCUT2D eigenvalue weighted by atomic mass is 32.2. The van der Waals surface area contributed by atoms with Crippen molar-refractivity contribution in [3.05, 3.63) is 66.7 Å². The number of anilines is 2. The standard InChI is InChI=1S/C21H24N4O10S2/c1-12-5-16(6-13(2)20(12)36(32,33)10-24(28)29)22-18(26)9-19(27)23-17-7-14(3)21(15(4)8-17)37(34,35)11-25(30)31/h5-8H,9-11H2,1-4H3,(H,22,26)(H,23,27).